The van der Waals surface area contributed by atoms with Crippen LogP contribution in [0.4, 0.5) is 0 Å². The molecule has 1 atom stereocenters. The molecule has 0 saturated heterocycles. The van der Waals surface area contributed by atoms with E-state index in [1.54, 1.807) is 0 Å². The van der Waals surface area contributed by atoms with Gasteiger partial charge in [-0.25, -0.2) is 0 Å². The zero-order chi connectivity index (χ0) is 16.8. The molecule has 0 aromatic heterocycles. The van der Waals surface area contributed by atoms with E-state index in [-0.39, 0.29) is 12.5 Å². The smallest absolute Gasteiger partial charge is 0.0574 e. The molecule has 0 saturated carbocycles. The van der Waals surface area contributed by atoms with Crippen molar-refractivity contribution in [3.8, 4) is 0 Å². The van der Waals surface area contributed by atoms with Crippen molar-refractivity contribution in [1.82, 2.24) is 0 Å². The Bertz CT molecular complexity index is 695. The largest absolute Gasteiger partial charge is 0.395 e. The molecular weight excluding hydrogens is 292 g/mol. The summed E-state index contributed by atoms with van der Waals surface area (Å²) in [5.74, 6) is 0.202. The molecule has 3 aromatic carbocycles. The molecule has 0 aliphatic heterocycles. The van der Waals surface area contributed by atoms with Gasteiger partial charge >= 0.3 is 0 Å². The highest BCUT2D eigenvalue weighted by Crippen LogP contribution is 2.46. The summed E-state index contributed by atoms with van der Waals surface area (Å²) in [6.45, 7) is 2.28. The molecule has 0 spiro atoms. The molecular formula is C23H24O. The van der Waals surface area contributed by atoms with Crippen LogP contribution in [-0.4, -0.2) is 11.7 Å². The number of aliphatic hydroxyl groups is 1. The fourth-order valence-corrected chi connectivity index (χ4v) is 3.89. The van der Waals surface area contributed by atoms with Gasteiger partial charge in [0.15, 0.2) is 0 Å². The highest BCUT2D eigenvalue weighted by atomic mass is 16.3. The summed E-state index contributed by atoms with van der Waals surface area (Å²) in [6.07, 6.45) is 0.953. The van der Waals surface area contributed by atoms with E-state index in [2.05, 4.69) is 79.7 Å². The fourth-order valence-electron chi connectivity index (χ4n) is 3.89. The second kappa shape index (κ2) is 7.46. The van der Waals surface area contributed by atoms with Crippen LogP contribution in [0.3, 0.4) is 0 Å². The SMILES string of the molecule is CC[C@H](c1ccccc1)C(CO)(c1ccccc1)c1ccccc1. The predicted octanol–water partition coefficient (Wildman–Crippen LogP) is 5.16. The van der Waals surface area contributed by atoms with E-state index in [0.717, 1.165) is 17.5 Å². The average molecular weight is 316 g/mol. The number of hydrogen-bond acceptors (Lipinski definition) is 1. The molecule has 0 unspecified atom stereocenters. The van der Waals surface area contributed by atoms with E-state index in [1.165, 1.54) is 5.56 Å². The molecule has 1 nitrogen and oxygen atoms in total. The van der Waals surface area contributed by atoms with E-state index in [1.807, 2.05) is 18.2 Å². The lowest BCUT2D eigenvalue weighted by Crippen LogP contribution is -2.38. The van der Waals surface area contributed by atoms with E-state index in [0.29, 0.717) is 0 Å². The lowest BCUT2D eigenvalue weighted by Gasteiger charge is -2.41. The lowest BCUT2D eigenvalue weighted by molar-refractivity contribution is 0.193. The van der Waals surface area contributed by atoms with Crippen molar-refractivity contribution in [2.24, 2.45) is 0 Å². The summed E-state index contributed by atoms with van der Waals surface area (Å²) < 4.78 is 0. The molecule has 0 aliphatic carbocycles. The van der Waals surface area contributed by atoms with Crippen LogP contribution in [0, 0.1) is 0 Å². The molecule has 3 aromatic rings. The van der Waals surface area contributed by atoms with Crippen molar-refractivity contribution < 1.29 is 5.11 Å². The second-order valence-electron chi connectivity index (χ2n) is 6.23. The van der Waals surface area contributed by atoms with E-state index in [4.69, 9.17) is 0 Å². The fraction of sp³-hybridized carbons (Fsp3) is 0.217. The number of rotatable bonds is 6. The minimum absolute atomic E-state index is 0.0778. The summed E-state index contributed by atoms with van der Waals surface area (Å²) in [6, 6.07) is 31.4. The van der Waals surface area contributed by atoms with Crippen molar-refractivity contribution in [3.63, 3.8) is 0 Å². The first-order valence-corrected chi connectivity index (χ1v) is 8.59. The minimum atomic E-state index is -0.446. The van der Waals surface area contributed by atoms with Crippen LogP contribution in [0.25, 0.3) is 0 Å². The summed E-state index contributed by atoms with van der Waals surface area (Å²) in [4.78, 5) is 0. The Kier molecular flexibility index (Phi) is 5.12. The van der Waals surface area contributed by atoms with Crippen LogP contribution in [0.2, 0.25) is 0 Å². The predicted molar refractivity (Wildman–Crippen MR) is 100 cm³/mol. The third-order valence-electron chi connectivity index (χ3n) is 5.03. The van der Waals surface area contributed by atoms with Gasteiger partial charge in [-0.2, -0.15) is 0 Å². The van der Waals surface area contributed by atoms with Gasteiger partial charge in [0, 0.05) is 0 Å². The number of hydrogen-bond donors (Lipinski definition) is 1. The zero-order valence-electron chi connectivity index (χ0n) is 14.1. The Morgan fingerprint density at radius 3 is 1.50 bits per heavy atom. The summed E-state index contributed by atoms with van der Waals surface area (Å²) in [5.41, 5.74) is 3.14. The van der Waals surface area contributed by atoms with Gasteiger partial charge in [-0.1, -0.05) is 97.9 Å². The molecule has 1 N–H and O–H groups in total. The zero-order valence-corrected chi connectivity index (χ0v) is 14.1. The maximum Gasteiger partial charge on any atom is 0.0574 e. The monoisotopic (exact) mass is 316 g/mol. The van der Waals surface area contributed by atoms with E-state index in [9.17, 15) is 5.11 Å². The first-order chi connectivity index (χ1) is 11.8. The van der Waals surface area contributed by atoms with Crippen LogP contribution >= 0.6 is 0 Å². The minimum Gasteiger partial charge on any atom is -0.395 e. The topological polar surface area (TPSA) is 20.2 Å². The lowest BCUT2D eigenvalue weighted by atomic mass is 9.63. The summed E-state index contributed by atoms with van der Waals surface area (Å²) in [7, 11) is 0. The van der Waals surface area contributed by atoms with E-state index >= 15 is 0 Å². The van der Waals surface area contributed by atoms with Gasteiger partial charge in [-0.15, -0.1) is 0 Å². The highest BCUT2D eigenvalue weighted by molar-refractivity contribution is 5.45. The van der Waals surface area contributed by atoms with Crippen LogP contribution in [0.5, 0.6) is 0 Å². The van der Waals surface area contributed by atoms with Crippen LogP contribution in [0.1, 0.15) is 36.0 Å². The molecule has 3 rings (SSSR count). The van der Waals surface area contributed by atoms with Gasteiger partial charge < -0.3 is 5.11 Å². The Morgan fingerprint density at radius 2 is 1.12 bits per heavy atom. The molecule has 0 bridgehead atoms. The standard InChI is InChI=1S/C23H24O/c1-2-22(19-12-6-3-7-13-19)23(18-24,20-14-8-4-9-15-20)21-16-10-5-11-17-21/h3-17,22,24H,2,18H2,1H3/t22-/m1/s1. The number of benzene rings is 3. The Hall–Kier alpha value is -2.38. The van der Waals surface area contributed by atoms with Crippen molar-refractivity contribution >= 4 is 0 Å². The summed E-state index contributed by atoms with van der Waals surface area (Å²) >= 11 is 0. The second-order valence-corrected chi connectivity index (χ2v) is 6.23. The van der Waals surface area contributed by atoms with Crippen LogP contribution in [0.15, 0.2) is 91.0 Å². The van der Waals surface area contributed by atoms with Crippen LogP contribution in [-0.2, 0) is 5.41 Å². The molecule has 0 amide bonds. The third-order valence-corrected chi connectivity index (χ3v) is 5.03. The van der Waals surface area contributed by atoms with Gasteiger partial charge in [0.1, 0.15) is 0 Å². The molecule has 0 heterocycles. The van der Waals surface area contributed by atoms with Gasteiger partial charge in [-0.3, -0.25) is 0 Å². The first-order valence-electron chi connectivity index (χ1n) is 8.59. The average Bonchev–Trinajstić information content (AvgIpc) is 2.68. The summed E-state index contributed by atoms with van der Waals surface area (Å²) in [5, 5.41) is 10.6. The van der Waals surface area contributed by atoms with Crippen molar-refractivity contribution in [2.45, 2.75) is 24.7 Å². The van der Waals surface area contributed by atoms with Crippen LogP contribution < -0.4 is 0 Å². The molecule has 0 radical (unpaired) electrons. The maximum atomic E-state index is 10.6. The third kappa shape index (κ3) is 2.88. The molecule has 0 aliphatic rings. The Labute approximate surface area is 144 Å². The number of aliphatic hydroxyl groups excluding tert-OH is 1. The van der Waals surface area contributed by atoms with Crippen molar-refractivity contribution in [3.05, 3.63) is 108 Å². The molecule has 24 heavy (non-hydrogen) atoms. The molecule has 0 fully saturated rings. The molecule has 1 heteroatoms. The van der Waals surface area contributed by atoms with Gasteiger partial charge in [0.25, 0.3) is 0 Å². The first kappa shape index (κ1) is 16.5. The van der Waals surface area contributed by atoms with Gasteiger partial charge in [0.05, 0.1) is 12.0 Å². The van der Waals surface area contributed by atoms with Gasteiger partial charge in [0.2, 0.25) is 0 Å². The normalized spacial score (nSPS) is 12.8. The van der Waals surface area contributed by atoms with Gasteiger partial charge in [-0.05, 0) is 29.0 Å². The van der Waals surface area contributed by atoms with Crippen molar-refractivity contribution in [2.75, 3.05) is 6.61 Å². The Balaban J connectivity index is 2.25. The van der Waals surface area contributed by atoms with E-state index < -0.39 is 5.41 Å². The van der Waals surface area contributed by atoms with Crippen molar-refractivity contribution in [1.29, 1.82) is 0 Å². The quantitative estimate of drug-likeness (QED) is 0.666. The highest BCUT2D eigenvalue weighted by Gasteiger charge is 2.41. The molecule has 122 valence electrons. The maximum absolute atomic E-state index is 10.6. The Morgan fingerprint density at radius 1 is 0.708 bits per heavy atom.